The highest BCUT2D eigenvalue weighted by molar-refractivity contribution is 4.81. The molecule has 0 aromatic heterocycles. The molecule has 0 aliphatic carbocycles. The van der Waals surface area contributed by atoms with E-state index in [9.17, 15) is 0 Å². The lowest BCUT2D eigenvalue weighted by Gasteiger charge is -2.28. The molecule has 0 heterocycles. The molecule has 2 atom stereocenters. The van der Waals surface area contributed by atoms with Gasteiger partial charge in [-0.1, -0.05) is 387 Å². The molecule has 0 aliphatic rings. The zero-order valence-electron chi connectivity index (χ0n) is 47.3. The van der Waals surface area contributed by atoms with Gasteiger partial charge in [-0.15, -0.1) is 0 Å². The molecule has 0 radical (unpaired) electrons. The predicted octanol–water partition coefficient (Wildman–Crippen LogP) is 25.5. The molecule has 0 saturated carbocycles. The van der Waals surface area contributed by atoms with E-state index in [-0.39, 0.29) is 0 Å². The van der Waals surface area contributed by atoms with Crippen LogP contribution in [-0.2, 0) is 0 Å². The minimum atomic E-state index is 1.00. The number of allylic oxidation sites excluding steroid dienone is 2. The van der Waals surface area contributed by atoms with Crippen LogP contribution in [0.4, 0.5) is 0 Å². The maximum absolute atomic E-state index is 2.52. The highest BCUT2D eigenvalue weighted by Crippen LogP contribution is 2.34. The van der Waals surface area contributed by atoms with E-state index in [1.165, 1.54) is 353 Å². The topological polar surface area (TPSA) is 0 Å². The van der Waals surface area contributed by atoms with Gasteiger partial charge in [0.1, 0.15) is 0 Å². The van der Waals surface area contributed by atoms with Crippen molar-refractivity contribution in [1.82, 2.24) is 0 Å². The summed E-state index contributed by atoms with van der Waals surface area (Å²) in [7, 11) is 0. The Kier molecular flexibility index (Phi) is 60.6. The van der Waals surface area contributed by atoms with Gasteiger partial charge in [-0.05, 0) is 37.5 Å². The van der Waals surface area contributed by atoms with Crippen LogP contribution >= 0.6 is 0 Å². The standard InChI is InChI=1S/C66H132/c1-5-9-13-17-21-25-29-32-35-37-40-43-47-51-55-59-62-65(61-57-53-49-45-28-24-20-16-12-8-4)66(63-58-54-50-46-42-39-34-31-27-23-19-15-11-7-3)64-60-56-52-48-44-41-38-36-33-30-26-22-18-14-10-6-2/h34,39,65-66H,5-33,35-38,40-64H2,1-4H3. The molecule has 0 rings (SSSR count). The predicted molar refractivity (Wildman–Crippen MR) is 307 cm³/mol. The third-order valence-corrected chi connectivity index (χ3v) is 16.0. The molecule has 396 valence electrons. The highest BCUT2D eigenvalue weighted by atomic mass is 14.3. The zero-order valence-corrected chi connectivity index (χ0v) is 47.3. The first-order valence-electron chi connectivity index (χ1n) is 32.4. The molecule has 0 heteroatoms. The summed E-state index contributed by atoms with van der Waals surface area (Å²) in [5, 5.41) is 0. The Morgan fingerprint density at radius 2 is 0.303 bits per heavy atom. The van der Waals surface area contributed by atoms with Crippen molar-refractivity contribution in [2.75, 3.05) is 0 Å². The van der Waals surface area contributed by atoms with Crippen molar-refractivity contribution in [2.45, 2.75) is 400 Å². The van der Waals surface area contributed by atoms with Gasteiger partial charge in [0.25, 0.3) is 0 Å². The summed E-state index contributed by atoms with van der Waals surface area (Å²) in [4.78, 5) is 0. The molecule has 0 aromatic rings. The summed E-state index contributed by atoms with van der Waals surface area (Å²) in [6.07, 6.45) is 90.3. The van der Waals surface area contributed by atoms with E-state index in [4.69, 9.17) is 0 Å². The fourth-order valence-electron chi connectivity index (χ4n) is 11.3. The van der Waals surface area contributed by atoms with Crippen LogP contribution in [0.1, 0.15) is 400 Å². The molecule has 0 aliphatic heterocycles. The summed E-state index contributed by atoms with van der Waals surface area (Å²) in [6.45, 7) is 9.32. The largest absolute Gasteiger partial charge is 0.0885 e. The van der Waals surface area contributed by atoms with Gasteiger partial charge in [-0.3, -0.25) is 0 Å². The Balaban J connectivity index is 4.86. The molecular weight excluding hydrogens is 793 g/mol. The first-order valence-corrected chi connectivity index (χ1v) is 32.4. The average molecular weight is 926 g/mol. The molecule has 2 unspecified atom stereocenters. The van der Waals surface area contributed by atoms with E-state index in [1.54, 1.807) is 19.3 Å². The summed E-state index contributed by atoms with van der Waals surface area (Å²) >= 11 is 0. The molecule has 0 saturated heterocycles. The molecular formula is C66H132. The number of rotatable bonds is 60. The summed E-state index contributed by atoms with van der Waals surface area (Å²) in [5.74, 6) is 2.01. The van der Waals surface area contributed by atoms with Gasteiger partial charge in [0.05, 0.1) is 0 Å². The third kappa shape index (κ3) is 54.7. The van der Waals surface area contributed by atoms with Crippen LogP contribution in [0.25, 0.3) is 0 Å². The molecule has 0 spiro atoms. The molecule has 0 N–H and O–H groups in total. The van der Waals surface area contributed by atoms with Crippen LogP contribution in [0.5, 0.6) is 0 Å². The van der Waals surface area contributed by atoms with Crippen molar-refractivity contribution in [3.8, 4) is 0 Å². The second-order valence-corrected chi connectivity index (χ2v) is 22.7. The van der Waals surface area contributed by atoms with Crippen molar-refractivity contribution in [2.24, 2.45) is 11.8 Å². The van der Waals surface area contributed by atoms with Gasteiger partial charge < -0.3 is 0 Å². The van der Waals surface area contributed by atoms with Gasteiger partial charge in [0.15, 0.2) is 0 Å². The molecule has 0 fully saturated rings. The molecule has 0 bridgehead atoms. The summed E-state index contributed by atoms with van der Waals surface area (Å²) < 4.78 is 0. The normalized spacial score (nSPS) is 12.8. The highest BCUT2D eigenvalue weighted by Gasteiger charge is 2.21. The first-order chi connectivity index (χ1) is 32.8. The Labute approximate surface area is 422 Å². The summed E-state index contributed by atoms with van der Waals surface area (Å²) in [5.41, 5.74) is 0. The monoisotopic (exact) mass is 925 g/mol. The van der Waals surface area contributed by atoms with E-state index in [0.29, 0.717) is 0 Å². The van der Waals surface area contributed by atoms with Crippen molar-refractivity contribution in [3.05, 3.63) is 12.2 Å². The SMILES string of the molecule is CCCCCCCCC=CCCCCCCC(CCCCCCCCCCCCCCCCCC)C(CCCCCCCCCCCC)CCCCCCCCCCCCCCCCCC. The maximum Gasteiger partial charge on any atom is -0.0351 e. The van der Waals surface area contributed by atoms with E-state index < -0.39 is 0 Å². The van der Waals surface area contributed by atoms with Crippen molar-refractivity contribution >= 4 is 0 Å². The first kappa shape index (κ1) is 65.7. The Hall–Kier alpha value is -0.260. The van der Waals surface area contributed by atoms with E-state index in [1.807, 2.05) is 0 Å². The lowest BCUT2D eigenvalue weighted by atomic mass is 9.78. The van der Waals surface area contributed by atoms with Crippen molar-refractivity contribution in [1.29, 1.82) is 0 Å². The van der Waals surface area contributed by atoms with Crippen LogP contribution in [0.2, 0.25) is 0 Å². The lowest BCUT2D eigenvalue weighted by Crippen LogP contribution is -2.16. The Morgan fingerprint density at radius 1 is 0.167 bits per heavy atom. The minimum Gasteiger partial charge on any atom is -0.0885 e. The second-order valence-electron chi connectivity index (χ2n) is 22.7. The third-order valence-electron chi connectivity index (χ3n) is 16.0. The van der Waals surface area contributed by atoms with Gasteiger partial charge in [-0.25, -0.2) is 0 Å². The van der Waals surface area contributed by atoms with Crippen LogP contribution in [0, 0.1) is 11.8 Å². The number of unbranched alkanes of at least 4 members (excludes halogenated alkanes) is 49. The molecule has 0 amide bonds. The van der Waals surface area contributed by atoms with Gasteiger partial charge in [0, 0.05) is 0 Å². The van der Waals surface area contributed by atoms with Crippen LogP contribution in [0.3, 0.4) is 0 Å². The molecule has 66 heavy (non-hydrogen) atoms. The lowest BCUT2D eigenvalue weighted by molar-refractivity contribution is 0.236. The Bertz CT molecular complexity index is 839. The number of hydrogen-bond acceptors (Lipinski definition) is 0. The second kappa shape index (κ2) is 60.9. The maximum atomic E-state index is 2.52. The Morgan fingerprint density at radius 3 is 0.470 bits per heavy atom. The summed E-state index contributed by atoms with van der Waals surface area (Å²) in [6, 6.07) is 0. The minimum absolute atomic E-state index is 1.00. The van der Waals surface area contributed by atoms with Crippen molar-refractivity contribution in [3.63, 3.8) is 0 Å². The van der Waals surface area contributed by atoms with Crippen LogP contribution < -0.4 is 0 Å². The molecule has 0 aromatic carbocycles. The zero-order chi connectivity index (χ0) is 47.6. The van der Waals surface area contributed by atoms with E-state index in [0.717, 1.165) is 11.8 Å². The fraction of sp³-hybridized carbons (Fsp3) is 0.970. The van der Waals surface area contributed by atoms with Gasteiger partial charge >= 0.3 is 0 Å². The van der Waals surface area contributed by atoms with Crippen LogP contribution in [0.15, 0.2) is 12.2 Å². The van der Waals surface area contributed by atoms with Crippen LogP contribution in [-0.4, -0.2) is 0 Å². The quantitative estimate of drug-likeness (QED) is 0.0421. The average Bonchev–Trinajstić information content (AvgIpc) is 3.33. The molecule has 0 nitrogen and oxygen atoms in total. The van der Waals surface area contributed by atoms with E-state index >= 15 is 0 Å². The number of hydrogen-bond donors (Lipinski definition) is 0. The fourth-order valence-corrected chi connectivity index (χ4v) is 11.3. The van der Waals surface area contributed by atoms with Gasteiger partial charge in [-0.2, -0.15) is 0 Å². The van der Waals surface area contributed by atoms with Crippen molar-refractivity contribution < 1.29 is 0 Å². The van der Waals surface area contributed by atoms with Gasteiger partial charge in [0.2, 0.25) is 0 Å². The van der Waals surface area contributed by atoms with E-state index in [2.05, 4.69) is 39.8 Å². The smallest absolute Gasteiger partial charge is 0.0351 e.